The van der Waals surface area contributed by atoms with E-state index < -0.39 is 17.6 Å². The average molecular weight is 526 g/mol. The highest BCUT2D eigenvalue weighted by Gasteiger charge is 2.30. The summed E-state index contributed by atoms with van der Waals surface area (Å²) in [6.07, 6.45) is -3.04. The predicted octanol–water partition coefficient (Wildman–Crippen LogP) is 7.28. The van der Waals surface area contributed by atoms with Gasteiger partial charge in [-0.25, -0.2) is 4.98 Å². The van der Waals surface area contributed by atoms with E-state index in [9.17, 15) is 18.0 Å². The first-order valence-electron chi connectivity index (χ1n) is 9.66. The van der Waals surface area contributed by atoms with Gasteiger partial charge in [0.1, 0.15) is 11.5 Å². The zero-order valence-corrected chi connectivity index (χ0v) is 19.3. The summed E-state index contributed by atoms with van der Waals surface area (Å²) in [5.41, 5.74) is 5.16. The molecule has 0 atom stereocenters. The maximum Gasteiger partial charge on any atom is 0.416 e. The number of hydrazine groups is 1. The molecule has 3 aromatic carbocycles. The van der Waals surface area contributed by atoms with Crippen LogP contribution in [0.1, 0.15) is 16.1 Å². The number of halogens is 6. The van der Waals surface area contributed by atoms with E-state index in [0.717, 1.165) is 12.1 Å². The highest BCUT2D eigenvalue weighted by Crippen LogP contribution is 2.33. The second-order valence-corrected chi connectivity index (χ2v) is 8.36. The summed E-state index contributed by atoms with van der Waals surface area (Å²) in [5.74, 6) is -0.344. The van der Waals surface area contributed by atoms with Crippen molar-refractivity contribution in [2.45, 2.75) is 6.18 Å². The van der Waals surface area contributed by atoms with Crippen LogP contribution in [-0.2, 0) is 6.18 Å². The average Bonchev–Trinajstić information content (AvgIpc) is 3.24. The molecule has 5 nitrogen and oxygen atoms in total. The lowest BCUT2D eigenvalue weighted by atomic mass is 10.2. The van der Waals surface area contributed by atoms with Crippen LogP contribution in [0.15, 0.2) is 72.9 Å². The van der Waals surface area contributed by atoms with Crippen molar-refractivity contribution in [2.75, 3.05) is 5.43 Å². The zero-order chi connectivity index (χ0) is 24.5. The van der Waals surface area contributed by atoms with Crippen LogP contribution in [0.3, 0.4) is 0 Å². The van der Waals surface area contributed by atoms with Gasteiger partial charge in [0.05, 0.1) is 16.3 Å². The number of nitrogens with one attached hydrogen (secondary N) is 2. The van der Waals surface area contributed by atoms with Gasteiger partial charge < -0.3 is 0 Å². The van der Waals surface area contributed by atoms with Gasteiger partial charge in [-0.1, -0.05) is 40.9 Å². The normalized spacial score (nSPS) is 11.4. The second-order valence-electron chi connectivity index (χ2n) is 7.08. The van der Waals surface area contributed by atoms with E-state index in [1.165, 1.54) is 18.3 Å². The van der Waals surface area contributed by atoms with E-state index in [-0.39, 0.29) is 11.4 Å². The molecule has 0 aliphatic carbocycles. The number of benzene rings is 3. The van der Waals surface area contributed by atoms with E-state index in [0.29, 0.717) is 32.1 Å². The molecule has 4 aromatic rings. The predicted molar refractivity (Wildman–Crippen MR) is 127 cm³/mol. The van der Waals surface area contributed by atoms with Gasteiger partial charge in [-0.15, -0.1) is 0 Å². The second kappa shape index (κ2) is 9.58. The number of rotatable bonds is 5. The number of carbonyl (C=O) groups excluding carboxylic acids is 1. The number of hydrogen-bond acceptors (Lipinski definition) is 3. The smallest absolute Gasteiger partial charge is 0.299 e. The summed E-state index contributed by atoms with van der Waals surface area (Å²) in [7, 11) is 0. The Labute approximate surface area is 207 Å². The summed E-state index contributed by atoms with van der Waals surface area (Å²) < 4.78 is 40.4. The summed E-state index contributed by atoms with van der Waals surface area (Å²) in [4.78, 5) is 17.2. The molecule has 1 heterocycles. The van der Waals surface area contributed by atoms with Gasteiger partial charge in [0.25, 0.3) is 5.91 Å². The summed E-state index contributed by atoms with van der Waals surface area (Å²) in [5, 5.41) is 1.30. The van der Waals surface area contributed by atoms with E-state index in [1.54, 1.807) is 47.0 Å². The molecule has 11 heteroatoms. The SMILES string of the molecule is O=C(NNc1cccc(C(F)(F)F)c1)c1cn(-c2ccc(Cl)cc2)c(-c2cc(Cl)ccc2Cl)n1. The minimum Gasteiger partial charge on any atom is -0.299 e. The lowest BCUT2D eigenvalue weighted by Crippen LogP contribution is -2.29. The molecule has 0 aliphatic heterocycles. The van der Waals surface area contributed by atoms with Gasteiger partial charge in [0, 0.05) is 27.5 Å². The van der Waals surface area contributed by atoms with E-state index in [4.69, 9.17) is 34.8 Å². The Hall–Kier alpha value is -3.20. The maximum absolute atomic E-state index is 12.9. The molecule has 4 rings (SSSR count). The molecule has 2 N–H and O–H groups in total. The first-order valence-corrected chi connectivity index (χ1v) is 10.8. The van der Waals surface area contributed by atoms with E-state index >= 15 is 0 Å². The van der Waals surface area contributed by atoms with E-state index in [2.05, 4.69) is 15.8 Å². The first kappa shape index (κ1) is 23.9. The molecule has 0 spiro atoms. The minimum atomic E-state index is -4.51. The van der Waals surface area contributed by atoms with Crippen molar-refractivity contribution in [2.24, 2.45) is 0 Å². The van der Waals surface area contributed by atoms with Crippen LogP contribution in [0.4, 0.5) is 18.9 Å². The number of alkyl halides is 3. The summed E-state index contributed by atoms with van der Waals surface area (Å²) in [6.45, 7) is 0. The van der Waals surface area contributed by atoms with Crippen molar-refractivity contribution in [3.05, 3.63) is 99.3 Å². The molecule has 1 aromatic heterocycles. The standard InChI is InChI=1S/C23H14Cl3F3N4O/c24-14-4-7-17(8-5-14)33-12-20(30-21(33)18-11-15(25)6-9-19(18)26)22(34)32-31-16-3-1-2-13(10-16)23(27,28)29/h1-12,31H,(H,32,34). The number of imidazole rings is 1. The maximum atomic E-state index is 12.9. The molecule has 0 radical (unpaired) electrons. The van der Waals surface area contributed by atoms with Crippen molar-refractivity contribution in [3.63, 3.8) is 0 Å². The van der Waals surface area contributed by atoms with Crippen LogP contribution in [0.2, 0.25) is 15.1 Å². The Kier molecular flexibility index (Phi) is 6.74. The van der Waals surface area contributed by atoms with Gasteiger partial charge >= 0.3 is 6.18 Å². The van der Waals surface area contributed by atoms with Gasteiger partial charge in [-0.2, -0.15) is 13.2 Å². The topological polar surface area (TPSA) is 59.0 Å². The monoisotopic (exact) mass is 524 g/mol. The number of hydrogen-bond donors (Lipinski definition) is 2. The molecule has 0 unspecified atom stereocenters. The fraction of sp³-hybridized carbons (Fsp3) is 0.0435. The Morgan fingerprint density at radius 2 is 1.62 bits per heavy atom. The highest BCUT2D eigenvalue weighted by atomic mass is 35.5. The third kappa shape index (κ3) is 5.30. The van der Waals surface area contributed by atoms with Gasteiger partial charge in [0.2, 0.25) is 0 Å². The Morgan fingerprint density at radius 1 is 0.912 bits per heavy atom. The molecular weight excluding hydrogens is 512 g/mol. The molecule has 174 valence electrons. The van der Waals surface area contributed by atoms with Crippen molar-refractivity contribution in [3.8, 4) is 17.1 Å². The fourth-order valence-electron chi connectivity index (χ4n) is 3.11. The first-order chi connectivity index (χ1) is 16.1. The zero-order valence-electron chi connectivity index (χ0n) is 17.0. The number of amides is 1. The van der Waals surface area contributed by atoms with Crippen molar-refractivity contribution < 1.29 is 18.0 Å². The molecule has 0 fully saturated rings. The summed E-state index contributed by atoms with van der Waals surface area (Å²) >= 11 is 18.5. The number of anilines is 1. The minimum absolute atomic E-state index is 0.0135. The summed E-state index contributed by atoms with van der Waals surface area (Å²) in [6, 6.07) is 16.1. The number of carbonyl (C=O) groups is 1. The molecule has 0 saturated carbocycles. The van der Waals surface area contributed by atoms with Crippen molar-refractivity contribution in [1.29, 1.82) is 0 Å². The lowest BCUT2D eigenvalue weighted by molar-refractivity contribution is -0.137. The van der Waals surface area contributed by atoms with Crippen LogP contribution >= 0.6 is 34.8 Å². The van der Waals surface area contributed by atoms with Crippen LogP contribution in [-0.4, -0.2) is 15.5 Å². The van der Waals surface area contributed by atoms with Crippen LogP contribution in [0.5, 0.6) is 0 Å². The number of nitrogens with zero attached hydrogens (tertiary/aromatic N) is 2. The molecule has 0 aliphatic rings. The van der Waals surface area contributed by atoms with Crippen LogP contribution in [0, 0.1) is 0 Å². The van der Waals surface area contributed by atoms with Crippen molar-refractivity contribution >= 4 is 46.4 Å². The van der Waals surface area contributed by atoms with Gasteiger partial charge in [-0.05, 0) is 60.7 Å². The van der Waals surface area contributed by atoms with Gasteiger partial charge in [-0.3, -0.25) is 20.2 Å². The third-order valence-corrected chi connectivity index (χ3v) is 5.54. The molecule has 0 saturated heterocycles. The van der Waals surface area contributed by atoms with Gasteiger partial charge in [0.15, 0.2) is 0 Å². The third-order valence-electron chi connectivity index (χ3n) is 4.72. The Bertz CT molecular complexity index is 1350. The molecule has 34 heavy (non-hydrogen) atoms. The fourth-order valence-corrected chi connectivity index (χ4v) is 3.61. The molecule has 0 bridgehead atoms. The lowest BCUT2D eigenvalue weighted by Gasteiger charge is -2.10. The van der Waals surface area contributed by atoms with Crippen LogP contribution < -0.4 is 10.9 Å². The van der Waals surface area contributed by atoms with Crippen molar-refractivity contribution in [1.82, 2.24) is 15.0 Å². The largest absolute Gasteiger partial charge is 0.416 e. The Morgan fingerprint density at radius 3 is 2.32 bits per heavy atom. The quantitative estimate of drug-likeness (QED) is 0.269. The van der Waals surface area contributed by atoms with E-state index in [1.807, 2.05) is 0 Å². The highest BCUT2D eigenvalue weighted by molar-refractivity contribution is 6.35. The number of aromatic nitrogens is 2. The molecular formula is C23H14Cl3F3N4O. The Balaban J connectivity index is 1.66. The van der Waals surface area contributed by atoms with Crippen LogP contribution in [0.25, 0.3) is 17.1 Å². The molecule has 1 amide bonds.